The summed E-state index contributed by atoms with van der Waals surface area (Å²) in [6.45, 7) is 1.14. The Kier molecular flexibility index (Phi) is 4.52. The highest BCUT2D eigenvalue weighted by Gasteiger charge is 2.20. The van der Waals surface area contributed by atoms with Crippen molar-refractivity contribution in [3.8, 4) is 0 Å². The highest BCUT2D eigenvalue weighted by Crippen LogP contribution is 2.27. The van der Waals surface area contributed by atoms with Crippen molar-refractivity contribution in [2.75, 3.05) is 18.4 Å². The van der Waals surface area contributed by atoms with E-state index >= 15 is 0 Å². The summed E-state index contributed by atoms with van der Waals surface area (Å²) in [7, 11) is 0. The standard InChI is InChI=1S/C14H18N2O3/c17-13(9-15-8-10-5-6-10)16-12-4-2-1-3-11(12)7-14(18)19/h1-4,10,15H,5-9H2,(H,16,17)(H,18,19). The van der Waals surface area contributed by atoms with Crippen molar-refractivity contribution in [3.05, 3.63) is 29.8 Å². The molecular weight excluding hydrogens is 244 g/mol. The summed E-state index contributed by atoms with van der Waals surface area (Å²) in [4.78, 5) is 22.5. The normalized spacial score (nSPS) is 14.1. The molecule has 1 aromatic rings. The van der Waals surface area contributed by atoms with Crippen LogP contribution in [0, 0.1) is 5.92 Å². The van der Waals surface area contributed by atoms with Gasteiger partial charge < -0.3 is 15.7 Å². The molecule has 0 heterocycles. The number of anilines is 1. The fraction of sp³-hybridized carbons (Fsp3) is 0.429. The topological polar surface area (TPSA) is 78.4 Å². The lowest BCUT2D eigenvalue weighted by molar-refractivity contribution is -0.136. The van der Waals surface area contributed by atoms with Crippen LogP contribution in [0.15, 0.2) is 24.3 Å². The number of carboxylic acids is 1. The van der Waals surface area contributed by atoms with Gasteiger partial charge in [0.25, 0.3) is 0 Å². The number of rotatable bonds is 7. The number of amides is 1. The molecule has 5 heteroatoms. The van der Waals surface area contributed by atoms with E-state index in [0.717, 1.165) is 12.5 Å². The molecule has 1 amide bonds. The molecule has 0 aromatic heterocycles. The van der Waals surface area contributed by atoms with Gasteiger partial charge in [-0.15, -0.1) is 0 Å². The summed E-state index contributed by atoms with van der Waals surface area (Å²) >= 11 is 0. The van der Waals surface area contributed by atoms with Crippen LogP contribution in [0.3, 0.4) is 0 Å². The van der Waals surface area contributed by atoms with E-state index in [1.54, 1.807) is 24.3 Å². The van der Waals surface area contributed by atoms with E-state index in [9.17, 15) is 9.59 Å². The zero-order valence-electron chi connectivity index (χ0n) is 10.7. The maximum Gasteiger partial charge on any atom is 0.307 e. The number of carbonyl (C=O) groups is 2. The summed E-state index contributed by atoms with van der Waals surface area (Å²) in [6.07, 6.45) is 2.40. The van der Waals surface area contributed by atoms with Crippen LogP contribution in [0.25, 0.3) is 0 Å². The smallest absolute Gasteiger partial charge is 0.307 e. The molecular formula is C14H18N2O3. The zero-order chi connectivity index (χ0) is 13.7. The minimum Gasteiger partial charge on any atom is -0.481 e. The number of hydrogen-bond acceptors (Lipinski definition) is 3. The van der Waals surface area contributed by atoms with Crippen LogP contribution in [-0.2, 0) is 16.0 Å². The van der Waals surface area contributed by atoms with Gasteiger partial charge in [-0.25, -0.2) is 0 Å². The van der Waals surface area contributed by atoms with Crippen LogP contribution >= 0.6 is 0 Å². The third-order valence-electron chi connectivity index (χ3n) is 3.05. The Morgan fingerprint density at radius 2 is 2.00 bits per heavy atom. The van der Waals surface area contributed by atoms with E-state index in [1.165, 1.54) is 12.8 Å². The van der Waals surface area contributed by atoms with Crippen LogP contribution in [-0.4, -0.2) is 30.1 Å². The lowest BCUT2D eigenvalue weighted by Crippen LogP contribution is -2.29. The number of benzene rings is 1. The monoisotopic (exact) mass is 262 g/mol. The van der Waals surface area contributed by atoms with E-state index in [0.29, 0.717) is 11.3 Å². The molecule has 1 aliphatic rings. The molecule has 0 radical (unpaired) electrons. The average molecular weight is 262 g/mol. The highest BCUT2D eigenvalue weighted by atomic mass is 16.4. The van der Waals surface area contributed by atoms with Crippen molar-refractivity contribution in [2.45, 2.75) is 19.3 Å². The van der Waals surface area contributed by atoms with Crippen molar-refractivity contribution >= 4 is 17.6 Å². The van der Waals surface area contributed by atoms with Crippen LogP contribution < -0.4 is 10.6 Å². The Labute approximate surface area is 112 Å². The van der Waals surface area contributed by atoms with E-state index in [-0.39, 0.29) is 18.9 Å². The quantitative estimate of drug-likeness (QED) is 0.691. The molecule has 5 nitrogen and oxygen atoms in total. The summed E-state index contributed by atoms with van der Waals surface area (Å²) in [5, 5.41) is 14.7. The largest absolute Gasteiger partial charge is 0.481 e. The third kappa shape index (κ3) is 4.71. The van der Waals surface area contributed by atoms with Gasteiger partial charge in [0, 0.05) is 5.69 Å². The molecule has 1 saturated carbocycles. The second-order valence-electron chi connectivity index (χ2n) is 4.85. The van der Waals surface area contributed by atoms with E-state index in [2.05, 4.69) is 10.6 Å². The van der Waals surface area contributed by atoms with Crippen LogP contribution in [0.4, 0.5) is 5.69 Å². The molecule has 0 unspecified atom stereocenters. The first-order valence-corrected chi connectivity index (χ1v) is 6.45. The Balaban J connectivity index is 1.85. The van der Waals surface area contributed by atoms with Crippen molar-refractivity contribution in [1.29, 1.82) is 0 Å². The molecule has 19 heavy (non-hydrogen) atoms. The molecule has 0 saturated heterocycles. The van der Waals surface area contributed by atoms with Gasteiger partial charge in [0.2, 0.25) is 5.91 Å². The molecule has 2 rings (SSSR count). The lowest BCUT2D eigenvalue weighted by Gasteiger charge is -2.10. The predicted octanol–water partition coefficient (Wildman–Crippen LogP) is 1.25. The van der Waals surface area contributed by atoms with E-state index < -0.39 is 5.97 Å². The fourth-order valence-corrected chi connectivity index (χ4v) is 1.87. The van der Waals surface area contributed by atoms with Crippen LogP contribution in [0.5, 0.6) is 0 Å². The molecule has 1 aromatic carbocycles. The van der Waals surface area contributed by atoms with Gasteiger partial charge in [0.05, 0.1) is 13.0 Å². The average Bonchev–Trinajstić information content (AvgIpc) is 3.15. The second kappa shape index (κ2) is 6.33. The number of carboxylic acid groups (broad SMARTS) is 1. The Morgan fingerprint density at radius 1 is 1.26 bits per heavy atom. The SMILES string of the molecule is O=C(O)Cc1ccccc1NC(=O)CNCC1CC1. The first-order valence-electron chi connectivity index (χ1n) is 6.45. The molecule has 0 atom stereocenters. The molecule has 0 bridgehead atoms. The van der Waals surface area contributed by atoms with Gasteiger partial charge in [-0.05, 0) is 36.9 Å². The predicted molar refractivity (Wildman–Crippen MR) is 72.0 cm³/mol. The van der Waals surface area contributed by atoms with Crippen LogP contribution in [0.1, 0.15) is 18.4 Å². The Bertz CT molecular complexity index is 470. The number of hydrogen-bond donors (Lipinski definition) is 3. The Morgan fingerprint density at radius 3 is 2.68 bits per heavy atom. The van der Waals surface area contributed by atoms with E-state index in [1.807, 2.05) is 0 Å². The third-order valence-corrected chi connectivity index (χ3v) is 3.05. The first-order chi connectivity index (χ1) is 9.15. The summed E-state index contributed by atoms with van der Waals surface area (Å²) in [5.41, 5.74) is 1.19. The number of aliphatic carboxylic acids is 1. The molecule has 1 fully saturated rings. The zero-order valence-corrected chi connectivity index (χ0v) is 10.7. The molecule has 0 aliphatic heterocycles. The summed E-state index contributed by atoms with van der Waals surface area (Å²) < 4.78 is 0. The summed E-state index contributed by atoms with van der Waals surface area (Å²) in [6, 6.07) is 6.97. The van der Waals surface area contributed by atoms with Crippen molar-refractivity contribution in [3.63, 3.8) is 0 Å². The minimum atomic E-state index is -0.909. The molecule has 1 aliphatic carbocycles. The number of para-hydroxylation sites is 1. The van der Waals surface area contributed by atoms with Gasteiger partial charge in [-0.1, -0.05) is 18.2 Å². The highest BCUT2D eigenvalue weighted by molar-refractivity contribution is 5.93. The minimum absolute atomic E-state index is 0.0913. The van der Waals surface area contributed by atoms with Gasteiger partial charge >= 0.3 is 5.97 Å². The van der Waals surface area contributed by atoms with Gasteiger partial charge in [-0.3, -0.25) is 9.59 Å². The molecule has 102 valence electrons. The first kappa shape index (κ1) is 13.5. The maximum atomic E-state index is 11.7. The Hall–Kier alpha value is -1.88. The van der Waals surface area contributed by atoms with E-state index in [4.69, 9.17) is 5.11 Å². The van der Waals surface area contributed by atoms with Gasteiger partial charge in [-0.2, -0.15) is 0 Å². The van der Waals surface area contributed by atoms with Crippen molar-refractivity contribution < 1.29 is 14.7 Å². The van der Waals surface area contributed by atoms with Crippen molar-refractivity contribution in [1.82, 2.24) is 5.32 Å². The molecule has 0 spiro atoms. The fourth-order valence-electron chi connectivity index (χ4n) is 1.87. The summed E-state index contributed by atoms with van der Waals surface area (Å²) in [5.74, 6) is -0.320. The van der Waals surface area contributed by atoms with Crippen molar-refractivity contribution in [2.24, 2.45) is 5.92 Å². The second-order valence-corrected chi connectivity index (χ2v) is 4.85. The maximum absolute atomic E-state index is 11.7. The van der Waals surface area contributed by atoms with Gasteiger partial charge in [0.15, 0.2) is 0 Å². The van der Waals surface area contributed by atoms with Gasteiger partial charge in [0.1, 0.15) is 0 Å². The molecule has 3 N–H and O–H groups in total. The van der Waals surface area contributed by atoms with Crippen LogP contribution in [0.2, 0.25) is 0 Å². The number of nitrogens with one attached hydrogen (secondary N) is 2. The number of carbonyl (C=O) groups excluding carboxylic acids is 1. The lowest BCUT2D eigenvalue weighted by atomic mass is 10.1.